The van der Waals surface area contributed by atoms with E-state index in [9.17, 15) is 9.18 Å². The summed E-state index contributed by atoms with van der Waals surface area (Å²) in [4.78, 5) is 12.4. The molecule has 0 aliphatic heterocycles. The topological polar surface area (TPSA) is 59.8 Å². The van der Waals surface area contributed by atoms with Crippen LogP contribution >= 0.6 is 0 Å². The van der Waals surface area contributed by atoms with E-state index in [1.54, 1.807) is 23.0 Å². The third-order valence-electron chi connectivity index (χ3n) is 4.20. The number of hydrogen-bond acceptors (Lipinski definition) is 3. The molecule has 0 spiro atoms. The molecule has 2 aromatic carbocycles. The Bertz CT molecular complexity index is 902. The van der Waals surface area contributed by atoms with Crippen molar-refractivity contribution in [2.75, 3.05) is 0 Å². The Morgan fingerprint density at radius 2 is 1.84 bits per heavy atom. The van der Waals surface area contributed by atoms with Crippen molar-refractivity contribution < 1.29 is 9.18 Å². The number of aryl methyl sites for hydroxylation is 2. The van der Waals surface area contributed by atoms with Gasteiger partial charge >= 0.3 is 0 Å². The molecule has 0 unspecified atom stereocenters. The van der Waals surface area contributed by atoms with Crippen LogP contribution in [0.1, 0.15) is 40.1 Å². The summed E-state index contributed by atoms with van der Waals surface area (Å²) in [5, 5.41) is 10.8. The third-order valence-corrected chi connectivity index (χ3v) is 4.20. The van der Waals surface area contributed by atoms with E-state index in [0.717, 1.165) is 16.8 Å². The maximum absolute atomic E-state index is 13.0. The van der Waals surface area contributed by atoms with E-state index in [4.69, 9.17) is 0 Å². The molecule has 1 amide bonds. The quantitative estimate of drug-likeness (QED) is 0.792. The van der Waals surface area contributed by atoms with E-state index < -0.39 is 0 Å². The van der Waals surface area contributed by atoms with Gasteiger partial charge in [0.1, 0.15) is 5.82 Å². The normalized spacial score (nSPS) is 12.0. The summed E-state index contributed by atoms with van der Waals surface area (Å²) in [6, 6.07) is 11.7. The van der Waals surface area contributed by atoms with E-state index in [-0.39, 0.29) is 23.5 Å². The first-order valence-corrected chi connectivity index (χ1v) is 8.00. The number of halogens is 1. The Hall–Kier alpha value is -3.02. The number of benzene rings is 2. The SMILES string of the molecule is Cc1ccc(-n2cc(C(=O)N[C@H](C)c3ccc(F)cc3)nn2)cc1C. The lowest BCUT2D eigenvalue weighted by Gasteiger charge is -2.13. The van der Waals surface area contributed by atoms with Crippen LogP contribution in [0.25, 0.3) is 5.69 Å². The van der Waals surface area contributed by atoms with Crippen LogP contribution in [0.3, 0.4) is 0 Å². The van der Waals surface area contributed by atoms with Crippen molar-refractivity contribution in [1.82, 2.24) is 20.3 Å². The van der Waals surface area contributed by atoms with Crippen LogP contribution in [-0.4, -0.2) is 20.9 Å². The Kier molecular flexibility index (Phi) is 4.61. The van der Waals surface area contributed by atoms with Gasteiger partial charge in [-0.1, -0.05) is 23.4 Å². The highest BCUT2D eigenvalue weighted by molar-refractivity contribution is 5.92. The molecule has 128 valence electrons. The van der Waals surface area contributed by atoms with E-state index in [1.165, 1.54) is 17.7 Å². The number of aromatic nitrogens is 3. The predicted octanol–water partition coefficient (Wildman–Crippen LogP) is 3.51. The Balaban J connectivity index is 1.74. The fourth-order valence-corrected chi connectivity index (χ4v) is 2.47. The van der Waals surface area contributed by atoms with Crippen molar-refractivity contribution in [1.29, 1.82) is 0 Å². The Morgan fingerprint density at radius 3 is 2.52 bits per heavy atom. The average molecular weight is 338 g/mol. The van der Waals surface area contributed by atoms with Crippen LogP contribution in [0.4, 0.5) is 4.39 Å². The second-order valence-electron chi connectivity index (χ2n) is 6.06. The van der Waals surface area contributed by atoms with Gasteiger partial charge in [-0.3, -0.25) is 4.79 Å². The molecule has 1 N–H and O–H groups in total. The molecule has 0 bridgehead atoms. The van der Waals surface area contributed by atoms with Crippen molar-refractivity contribution in [2.45, 2.75) is 26.8 Å². The molecular weight excluding hydrogens is 319 g/mol. The lowest BCUT2D eigenvalue weighted by atomic mass is 10.1. The molecule has 6 heteroatoms. The van der Waals surface area contributed by atoms with Crippen LogP contribution in [0.5, 0.6) is 0 Å². The summed E-state index contributed by atoms with van der Waals surface area (Å²) in [5.74, 6) is -0.634. The highest BCUT2D eigenvalue weighted by Crippen LogP contribution is 2.15. The zero-order valence-electron chi connectivity index (χ0n) is 14.3. The summed E-state index contributed by atoms with van der Waals surface area (Å²) < 4.78 is 14.6. The molecule has 1 atom stereocenters. The lowest BCUT2D eigenvalue weighted by Crippen LogP contribution is -2.27. The van der Waals surface area contributed by atoms with Crippen molar-refractivity contribution in [2.24, 2.45) is 0 Å². The summed E-state index contributed by atoms with van der Waals surface area (Å²) in [6.07, 6.45) is 1.59. The van der Waals surface area contributed by atoms with E-state index >= 15 is 0 Å². The zero-order valence-corrected chi connectivity index (χ0v) is 14.3. The number of hydrogen-bond donors (Lipinski definition) is 1. The molecule has 0 aliphatic rings. The standard InChI is InChI=1S/C19H19FN4O/c1-12-4-9-17(10-13(12)2)24-11-18(22-23-24)19(25)21-14(3)15-5-7-16(20)8-6-15/h4-11,14H,1-3H3,(H,21,25)/t14-/m1/s1. The molecule has 0 aliphatic carbocycles. The van der Waals surface area contributed by atoms with Crippen molar-refractivity contribution in [3.05, 3.63) is 76.9 Å². The molecule has 3 rings (SSSR count). The highest BCUT2D eigenvalue weighted by Gasteiger charge is 2.15. The minimum atomic E-state index is -0.327. The minimum Gasteiger partial charge on any atom is -0.344 e. The number of carbonyl (C=O) groups excluding carboxylic acids is 1. The monoisotopic (exact) mass is 338 g/mol. The number of amides is 1. The van der Waals surface area contributed by atoms with Crippen molar-refractivity contribution in [3.63, 3.8) is 0 Å². The van der Waals surface area contributed by atoms with Gasteiger partial charge in [0.15, 0.2) is 5.69 Å². The molecule has 25 heavy (non-hydrogen) atoms. The summed E-state index contributed by atoms with van der Waals surface area (Å²) in [7, 11) is 0. The van der Waals surface area contributed by atoms with Crippen LogP contribution in [0, 0.1) is 19.7 Å². The van der Waals surface area contributed by atoms with Gasteiger partial charge in [0, 0.05) is 0 Å². The van der Waals surface area contributed by atoms with Gasteiger partial charge in [-0.05, 0) is 61.7 Å². The second-order valence-corrected chi connectivity index (χ2v) is 6.06. The van der Waals surface area contributed by atoms with Crippen LogP contribution in [0.15, 0.2) is 48.7 Å². The molecule has 0 radical (unpaired) electrons. The van der Waals surface area contributed by atoms with Crippen LogP contribution in [0.2, 0.25) is 0 Å². The first-order chi connectivity index (χ1) is 11.9. The number of nitrogens with zero attached hydrogens (tertiary/aromatic N) is 3. The molecular formula is C19H19FN4O. The van der Waals surface area contributed by atoms with Crippen LogP contribution in [-0.2, 0) is 0 Å². The fourth-order valence-electron chi connectivity index (χ4n) is 2.47. The average Bonchev–Trinajstić information content (AvgIpc) is 3.08. The summed E-state index contributed by atoms with van der Waals surface area (Å²) in [5.41, 5.74) is 4.23. The molecule has 0 saturated carbocycles. The molecule has 0 saturated heterocycles. The lowest BCUT2D eigenvalue weighted by molar-refractivity contribution is 0.0934. The van der Waals surface area contributed by atoms with Gasteiger partial charge in [0.2, 0.25) is 0 Å². The number of rotatable bonds is 4. The number of carbonyl (C=O) groups is 1. The highest BCUT2D eigenvalue weighted by atomic mass is 19.1. The minimum absolute atomic E-state index is 0.229. The predicted molar refractivity (Wildman–Crippen MR) is 93.1 cm³/mol. The smallest absolute Gasteiger partial charge is 0.273 e. The largest absolute Gasteiger partial charge is 0.344 e. The third kappa shape index (κ3) is 3.74. The Labute approximate surface area is 145 Å². The molecule has 1 aromatic heterocycles. The molecule has 5 nitrogen and oxygen atoms in total. The molecule has 1 heterocycles. The number of nitrogens with one attached hydrogen (secondary N) is 1. The zero-order chi connectivity index (χ0) is 18.0. The van der Waals surface area contributed by atoms with E-state index in [2.05, 4.69) is 15.6 Å². The molecule has 0 fully saturated rings. The van der Waals surface area contributed by atoms with E-state index in [0.29, 0.717) is 0 Å². The van der Waals surface area contributed by atoms with Gasteiger partial charge in [0.05, 0.1) is 17.9 Å². The Morgan fingerprint density at radius 1 is 1.12 bits per heavy atom. The first-order valence-electron chi connectivity index (χ1n) is 8.00. The first kappa shape index (κ1) is 16.8. The van der Waals surface area contributed by atoms with Gasteiger partial charge in [-0.15, -0.1) is 5.10 Å². The molecule has 3 aromatic rings. The second kappa shape index (κ2) is 6.84. The van der Waals surface area contributed by atoms with Crippen LogP contribution < -0.4 is 5.32 Å². The maximum atomic E-state index is 13.0. The fraction of sp³-hybridized carbons (Fsp3) is 0.211. The maximum Gasteiger partial charge on any atom is 0.273 e. The summed E-state index contributed by atoms with van der Waals surface area (Å²) in [6.45, 7) is 5.89. The van der Waals surface area contributed by atoms with E-state index in [1.807, 2.05) is 39.0 Å². The van der Waals surface area contributed by atoms with Gasteiger partial charge < -0.3 is 5.32 Å². The van der Waals surface area contributed by atoms with Gasteiger partial charge in [-0.25, -0.2) is 9.07 Å². The van der Waals surface area contributed by atoms with Gasteiger partial charge in [-0.2, -0.15) is 0 Å². The van der Waals surface area contributed by atoms with Crippen molar-refractivity contribution in [3.8, 4) is 5.69 Å². The van der Waals surface area contributed by atoms with Gasteiger partial charge in [0.25, 0.3) is 5.91 Å². The van der Waals surface area contributed by atoms with Crippen molar-refractivity contribution >= 4 is 5.91 Å². The summed E-state index contributed by atoms with van der Waals surface area (Å²) >= 11 is 0.